The summed E-state index contributed by atoms with van der Waals surface area (Å²) in [5, 5.41) is 5.12. The zero-order valence-electron chi connectivity index (χ0n) is 19.1. The molecule has 2 aliphatic rings. The van der Waals surface area contributed by atoms with Crippen molar-refractivity contribution in [1.29, 1.82) is 0 Å². The van der Waals surface area contributed by atoms with Crippen LogP contribution in [0.1, 0.15) is 6.92 Å². The number of ketones is 1. The number of para-hydroxylation sites is 1. The maximum Gasteiger partial charge on any atom is 0.298 e. The summed E-state index contributed by atoms with van der Waals surface area (Å²) < 4.78 is 132. The van der Waals surface area contributed by atoms with Crippen LogP contribution in [0.25, 0.3) is 0 Å². The van der Waals surface area contributed by atoms with Gasteiger partial charge in [-0.2, -0.15) is 38.8 Å². The van der Waals surface area contributed by atoms with Gasteiger partial charge in [0.2, 0.25) is 11.7 Å². The van der Waals surface area contributed by atoms with E-state index >= 15 is 0 Å². The van der Waals surface area contributed by atoms with E-state index in [9.17, 15) is 61.5 Å². The molecule has 1 atom stereocenters. The van der Waals surface area contributed by atoms with E-state index in [4.69, 9.17) is 0 Å². The third-order valence-electron chi connectivity index (χ3n) is 5.48. The number of Topliss-reactive ketones (excluding diaryl/α,β-unsaturated/α-hetero) is 1. The third kappa shape index (κ3) is 4.61. The van der Waals surface area contributed by atoms with Crippen LogP contribution in [-0.4, -0.2) is 78.1 Å². The monoisotopic (exact) mass is 627 g/mol. The number of amides is 1. The molecule has 0 saturated heterocycles. The summed E-state index contributed by atoms with van der Waals surface area (Å²) in [4.78, 5) is 24.2. The lowest BCUT2D eigenvalue weighted by molar-refractivity contribution is -0.120. The molecule has 1 amide bonds. The average molecular weight is 628 g/mol. The fourth-order valence-corrected chi connectivity index (χ4v) is 9.91. The Bertz CT molecular complexity index is 1810. The van der Waals surface area contributed by atoms with Crippen LogP contribution in [0.15, 0.2) is 69.8 Å². The quantitative estimate of drug-likeness (QED) is 0.154. The number of nitrogens with one attached hydrogen (secondary N) is 2. The number of rotatable bonds is 7. The first-order valence-electron chi connectivity index (χ1n) is 9.88. The van der Waals surface area contributed by atoms with Gasteiger partial charge >= 0.3 is 0 Å². The first-order chi connectivity index (χ1) is 17.6. The maximum atomic E-state index is 13.5. The molecule has 3 rings (SSSR count). The Hall–Kier alpha value is -3.31. The van der Waals surface area contributed by atoms with E-state index < -0.39 is 82.9 Å². The minimum Gasteiger partial charge on any atom is -0.323 e. The van der Waals surface area contributed by atoms with Gasteiger partial charge in [-0.15, -0.1) is 0 Å². The molecule has 1 aromatic rings. The molecule has 212 valence electrons. The number of hydrogen-bond donors (Lipinski definition) is 6. The van der Waals surface area contributed by atoms with Crippen molar-refractivity contribution in [2.24, 2.45) is 5.10 Å². The largest absolute Gasteiger partial charge is 0.323 e. The molecule has 0 fully saturated rings. The molecule has 0 heterocycles. The first kappa shape index (κ1) is 30.2. The second-order valence-corrected chi connectivity index (χ2v) is 14.3. The average Bonchev–Trinajstić information content (AvgIpc) is 2.76. The SMILES string of the molecule is CC(=O)NC1=C2C=C(S(=O)(=O)O)C=CC2(S(=O)(=O)O)C(S(=O)(=O)O)(S(=O)(=O)O)/C(=N\Nc2ccccc2)C1=O. The zero-order valence-corrected chi connectivity index (χ0v) is 22.3. The summed E-state index contributed by atoms with van der Waals surface area (Å²) in [6.45, 7) is 0.745. The number of hydrazone groups is 1. The highest BCUT2D eigenvalue weighted by Crippen LogP contribution is 2.53. The molecule has 21 heteroatoms. The number of carbonyl (C=O) groups is 2. The lowest BCUT2D eigenvalue weighted by Crippen LogP contribution is -2.75. The highest BCUT2D eigenvalue weighted by atomic mass is 32.3. The van der Waals surface area contributed by atoms with Crippen molar-refractivity contribution in [2.45, 2.75) is 15.7 Å². The summed E-state index contributed by atoms with van der Waals surface area (Å²) >= 11 is 0. The topological polar surface area (TPSA) is 288 Å². The molecule has 0 aliphatic heterocycles. The number of carbonyl (C=O) groups excluding carboxylic acids is 2. The molecule has 39 heavy (non-hydrogen) atoms. The number of allylic oxidation sites excluding steroid dienone is 3. The van der Waals surface area contributed by atoms with Gasteiger partial charge in [0.05, 0.1) is 16.3 Å². The lowest BCUT2D eigenvalue weighted by Gasteiger charge is -2.46. The van der Waals surface area contributed by atoms with Crippen LogP contribution in [0.4, 0.5) is 5.69 Å². The summed E-state index contributed by atoms with van der Waals surface area (Å²) in [5.74, 6) is -3.16. The predicted molar refractivity (Wildman–Crippen MR) is 132 cm³/mol. The number of fused-ring (bicyclic) bond motifs is 1. The third-order valence-corrected chi connectivity index (χ3v) is 11.8. The standard InChI is InChI=1S/C18H17N3O14S4/c1-10(22)19-14-13-9-12(36(24,25)26)7-8-17(13,37(27,28)29)18(38(30,31)32,39(33,34)35)16(15(14)23)21-20-11-5-3-2-4-6-11/h2-9,20H,1H3,(H,19,22)(H,24,25,26)(H,27,28,29)(H,30,31,32)(H,33,34,35)/b21-16-. The normalized spacial score (nSPS) is 22.7. The molecule has 2 aliphatic carbocycles. The Morgan fingerprint density at radius 2 is 1.41 bits per heavy atom. The van der Waals surface area contributed by atoms with Gasteiger partial charge in [0, 0.05) is 12.5 Å². The van der Waals surface area contributed by atoms with E-state index in [2.05, 4.69) is 5.10 Å². The molecule has 0 bridgehead atoms. The van der Waals surface area contributed by atoms with E-state index in [1.54, 1.807) is 5.32 Å². The van der Waals surface area contributed by atoms with Crippen molar-refractivity contribution in [3.63, 3.8) is 0 Å². The van der Waals surface area contributed by atoms with E-state index in [0.717, 1.165) is 6.92 Å². The number of benzene rings is 1. The van der Waals surface area contributed by atoms with Gasteiger partial charge in [0.15, 0.2) is 10.5 Å². The van der Waals surface area contributed by atoms with Crippen LogP contribution in [0.5, 0.6) is 0 Å². The van der Waals surface area contributed by atoms with Crippen LogP contribution in [0, 0.1) is 0 Å². The Morgan fingerprint density at radius 3 is 1.85 bits per heavy atom. The molecule has 1 aromatic carbocycles. The van der Waals surface area contributed by atoms with Gasteiger partial charge in [-0.1, -0.05) is 24.3 Å². The molecule has 0 radical (unpaired) electrons. The fourth-order valence-electron chi connectivity index (χ4n) is 4.07. The summed E-state index contributed by atoms with van der Waals surface area (Å²) in [6, 6.07) is 6.76. The van der Waals surface area contributed by atoms with E-state index in [-0.39, 0.29) is 23.9 Å². The molecule has 0 aromatic heterocycles. The van der Waals surface area contributed by atoms with Crippen LogP contribution in [0.3, 0.4) is 0 Å². The molecule has 0 saturated carbocycles. The number of anilines is 1. The summed E-state index contributed by atoms with van der Waals surface area (Å²) in [7, 11) is -25.0. The van der Waals surface area contributed by atoms with E-state index in [0.29, 0.717) is 0 Å². The maximum absolute atomic E-state index is 13.5. The van der Waals surface area contributed by atoms with Crippen molar-refractivity contribution in [3.8, 4) is 0 Å². The Morgan fingerprint density at radius 1 is 0.872 bits per heavy atom. The van der Waals surface area contributed by atoms with Gasteiger partial charge in [0.25, 0.3) is 44.6 Å². The predicted octanol–water partition coefficient (Wildman–Crippen LogP) is -1.13. The first-order valence-corrected chi connectivity index (χ1v) is 15.6. The Balaban J connectivity index is 2.74. The van der Waals surface area contributed by atoms with Gasteiger partial charge in [0.1, 0.15) is 0 Å². The van der Waals surface area contributed by atoms with Crippen LogP contribution in [-0.2, 0) is 50.1 Å². The second-order valence-electron chi connectivity index (χ2n) is 7.87. The smallest absolute Gasteiger partial charge is 0.298 e. The molecule has 17 nitrogen and oxygen atoms in total. The van der Waals surface area contributed by atoms with Crippen molar-refractivity contribution < 1.29 is 61.5 Å². The minimum atomic E-state index is -6.66. The Kier molecular flexibility index (Phi) is 7.29. The van der Waals surface area contributed by atoms with Crippen molar-refractivity contribution in [3.05, 3.63) is 64.7 Å². The summed E-state index contributed by atoms with van der Waals surface area (Å²) in [6.07, 6.45) is 0.0224. The zero-order chi connectivity index (χ0) is 29.8. The molecular weight excluding hydrogens is 610 g/mol. The van der Waals surface area contributed by atoms with Gasteiger partial charge in [-0.05, 0) is 24.3 Å². The highest BCUT2D eigenvalue weighted by Gasteiger charge is 2.81. The number of hydrogen-bond acceptors (Lipinski definition) is 12. The molecule has 1 unspecified atom stereocenters. The fraction of sp³-hybridized carbons (Fsp3) is 0.167. The molecule has 6 N–H and O–H groups in total. The highest BCUT2D eigenvalue weighted by molar-refractivity contribution is 8.08. The second kappa shape index (κ2) is 9.41. The van der Waals surface area contributed by atoms with Crippen molar-refractivity contribution in [2.75, 3.05) is 5.43 Å². The van der Waals surface area contributed by atoms with Crippen LogP contribution >= 0.6 is 0 Å². The summed E-state index contributed by atoms with van der Waals surface area (Å²) in [5.41, 5.74) is -2.96. The van der Waals surface area contributed by atoms with E-state index in [1.165, 1.54) is 30.3 Å². The minimum absolute atomic E-state index is 0.0405. The van der Waals surface area contributed by atoms with E-state index in [1.807, 2.05) is 5.43 Å². The van der Waals surface area contributed by atoms with Crippen LogP contribution in [0.2, 0.25) is 0 Å². The molecular formula is C18H17N3O14S4. The van der Waals surface area contributed by atoms with Gasteiger partial charge < -0.3 is 5.32 Å². The molecule has 0 spiro atoms. The lowest BCUT2D eigenvalue weighted by atomic mass is 9.79. The van der Waals surface area contributed by atoms with Gasteiger partial charge in [-0.3, -0.25) is 33.2 Å². The van der Waals surface area contributed by atoms with Crippen LogP contribution < -0.4 is 10.7 Å². The Labute approximate surface area is 221 Å². The van der Waals surface area contributed by atoms with Gasteiger partial charge in [-0.25, -0.2) is 0 Å². The number of nitrogens with zero attached hydrogens (tertiary/aromatic N) is 1. The van der Waals surface area contributed by atoms with Crippen molar-refractivity contribution in [1.82, 2.24) is 5.32 Å². The van der Waals surface area contributed by atoms with Crippen molar-refractivity contribution >= 4 is 63.6 Å².